The molecule has 2 heterocycles. The summed E-state index contributed by atoms with van der Waals surface area (Å²) in [4.78, 5) is 77.3. The third-order valence-electron chi connectivity index (χ3n) is 3.47. The van der Waals surface area contributed by atoms with Crippen molar-refractivity contribution in [2.75, 3.05) is 20.0 Å². The predicted molar refractivity (Wildman–Crippen MR) is 80.4 cm³/mol. The van der Waals surface area contributed by atoms with Crippen LogP contribution in [0, 0.1) is 0 Å². The van der Waals surface area contributed by atoms with E-state index >= 15 is 0 Å². The maximum absolute atomic E-state index is 11.5. The van der Waals surface area contributed by atoms with Crippen molar-refractivity contribution in [1.29, 1.82) is 0 Å². The second kappa shape index (κ2) is 9.73. The van der Waals surface area contributed by atoms with E-state index in [1.54, 1.807) is 0 Å². The molecule has 2 aliphatic heterocycles. The van der Waals surface area contributed by atoms with Gasteiger partial charge in [0.15, 0.2) is 0 Å². The second-order valence-electron chi connectivity index (χ2n) is 5.52. The third kappa shape index (κ3) is 6.11. The predicted octanol–water partition coefficient (Wildman–Crippen LogP) is -1.03. The van der Waals surface area contributed by atoms with Crippen LogP contribution in [0.5, 0.6) is 0 Å². The zero-order valence-electron chi connectivity index (χ0n) is 14.3. The van der Waals surface area contributed by atoms with Crippen LogP contribution in [0.4, 0.5) is 0 Å². The van der Waals surface area contributed by atoms with Crippen molar-refractivity contribution in [2.24, 2.45) is 0 Å². The molecule has 0 aromatic heterocycles. The Balaban J connectivity index is 1.48. The summed E-state index contributed by atoms with van der Waals surface area (Å²) in [5.41, 5.74) is 0. The van der Waals surface area contributed by atoms with Crippen LogP contribution in [0.15, 0.2) is 0 Å². The number of nitrogens with zero attached hydrogens (tertiary/aromatic N) is 2. The fourth-order valence-electron chi connectivity index (χ4n) is 2.10. The van der Waals surface area contributed by atoms with Gasteiger partial charge in [-0.1, -0.05) is 0 Å². The van der Waals surface area contributed by atoms with Gasteiger partial charge in [0, 0.05) is 25.7 Å². The van der Waals surface area contributed by atoms with E-state index in [9.17, 15) is 28.8 Å². The van der Waals surface area contributed by atoms with Gasteiger partial charge in [0.2, 0.25) is 0 Å². The van der Waals surface area contributed by atoms with Crippen LogP contribution in [-0.2, 0) is 47.9 Å². The van der Waals surface area contributed by atoms with Crippen molar-refractivity contribution >= 4 is 35.6 Å². The molecule has 12 nitrogen and oxygen atoms in total. The Morgan fingerprint density at radius 1 is 0.667 bits per heavy atom. The highest BCUT2D eigenvalue weighted by atomic mass is 16.7. The van der Waals surface area contributed by atoms with E-state index in [4.69, 9.17) is 9.47 Å². The van der Waals surface area contributed by atoms with Crippen molar-refractivity contribution < 1.29 is 47.9 Å². The summed E-state index contributed by atoms with van der Waals surface area (Å²) in [6.45, 7) is -0.406. The number of carbonyl (C=O) groups excluding carboxylic acids is 6. The van der Waals surface area contributed by atoms with Gasteiger partial charge in [0.05, 0.1) is 26.1 Å². The minimum atomic E-state index is -0.804. The highest BCUT2D eigenvalue weighted by Crippen LogP contribution is 2.13. The van der Waals surface area contributed by atoms with Crippen LogP contribution in [0.3, 0.4) is 0 Å². The standard InChI is InChI=1S/C15H18N2O10/c18-10-1-2-11(19)16(10)26-14(22)5-7-24-9-25-8-6-15(23)27-17-12(20)3-4-13(17)21/h1-9H2. The van der Waals surface area contributed by atoms with Gasteiger partial charge in [-0.25, -0.2) is 9.59 Å². The second-order valence-corrected chi connectivity index (χ2v) is 5.52. The molecule has 0 aromatic rings. The number of hydroxylamine groups is 4. The molecule has 2 rings (SSSR count). The topological polar surface area (TPSA) is 146 Å². The Hall–Kier alpha value is -2.86. The average molecular weight is 386 g/mol. The van der Waals surface area contributed by atoms with Gasteiger partial charge in [-0.05, 0) is 0 Å². The summed E-state index contributed by atoms with van der Waals surface area (Å²) in [7, 11) is 0. The molecule has 0 radical (unpaired) electrons. The Kier molecular flexibility index (Phi) is 7.37. The molecule has 148 valence electrons. The van der Waals surface area contributed by atoms with E-state index in [0.29, 0.717) is 10.1 Å². The molecule has 0 aromatic carbocycles. The van der Waals surface area contributed by atoms with Crippen molar-refractivity contribution in [3.63, 3.8) is 0 Å². The maximum atomic E-state index is 11.5. The van der Waals surface area contributed by atoms with Crippen LogP contribution in [-0.4, -0.2) is 65.7 Å². The van der Waals surface area contributed by atoms with Crippen LogP contribution in [0.2, 0.25) is 0 Å². The summed E-state index contributed by atoms with van der Waals surface area (Å²) in [6.07, 6.45) is -0.362. The Labute approximate surface area is 153 Å². The highest BCUT2D eigenvalue weighted by molar-refractivity contribution is 6.02. The first-order chi connectivity index (χ1) is 12.9. The summed E-state index contributed by atoms with van der Waals surface area (Å²) in [6, 6.07) is 0. The summed E-state index contributed by atoms with van der Waals surface area (Å²) in [5, 5.41) is 0.889. The number of hydrogen-bond acceptors (Lipinski definition) is 10. The van der Waals surface area contributed by atoms with Crippen molar-refractivity contribution in [1.82, 2.24) is 10.1 Å². The summed E-state index contributed by atoms with van der Waals surface area (Å²) < 4.78 is 9.98. The molecule has 0 spiro atoms. The van der Waals surface area contributed by atoms with Gasteiger partial charge in [0.1, 0.15) is 6.79 Å². The minimum absolute atomic E-state index is 0.0129. The molecular formula is C15H18N2O10. The lowest BCUT2D eigenvalue weighted by Crippen LogP contribution is -2.32. The van der Waals surface area contributed by atoms with Gasteiger partial charge in [0.25, 0.3) is 23.6 Å². The monoisotopic (exact) mass is 386 g/mol. The molecule has 0 aliphatic carbocycles. The van der Waals surface area contributed by atoms with E-state index < -0.39 is 35.6 Å². The van der Waals surface area contributed by atoms with E-state index in [0.717, 1.165) is 0 Å². The van der Waals surface area contributed by atoms with E-state index in [2.05, 4.69) is 9.68 Å². The molecule has 2 saturated heterocycles. The average Bonchev–Trinajstić information content (AvgIpc) is 3.11. The van der Waals surface area contributed by atoms with E-state index in [1.165, 1.54) is 0 Å². The molecule has 2 aliphatic rings. The lowest BCUT2D eigenvalue weighted by atomic mass is 10.4. The Morgan fingerprint density at radius 2 is 1.00 bits per heavy atom. The Morgan fingerprint density at radius 3 is 1.33 bits per heavy atom. The third-order valence-corrected chi connectivity index (χ3v) is 3.47. The number of rotatable bonds is 10. The molecule has 2 fully saturated rings. The van der Waals surface area contributed by atoms with E-state index in [1.807, 2.05) is 0 Å². The van der Waals surface area contributed by atoms with Crippen LogP contribution < -0.4 is 0 Å². The molecule has 12 heteroatoms. The zero-order valence-corrected chi connectivity index (χ0v) is 14.3. The van der Waals surface area contributed by atoms with Crippen LogP contribution in [0.1, 0.15) is 38.5 Å². The van der Waals surface area contributed by atoms with Gasteiger partial charge >= 0.3 is 11.9 Å². The molecule has 0 bridgehead atoms. The highest BCUT2D eigenvalue weighted by Gasteiger charge is 2.33. The normalized spacial score (nSPS) is 17.0. The van der Waals surface area contributed by atoms with Crippen LogP contribution >= 0.6 is 0 Å². The minimum Gasteiger partial charge on any atom is -0.355 e. The van der Waals surface area contributed by atoms with Gasteiger partial charge in [-0.3, -0.25) is 19.2 Å². The van der Waals surface area contributed by atoms with Crippen molar-refractivity contribution in [2.45, 2.75) is 38.5 Å². The molecule has 27 heavy (non-hydrogen) atoms. The van der Waals surface area contributed by atoms with Crippen LogP contribution in [0.25, 0.3) is 0 Å². The molecule has 0 saturated carbocycles. The molecular weight excluding hydrogens is 368 g/mol. The number of ether oxygens (including phenoxy) is 2. The SMILES string of the molecule is O=C(CCOCOCCC(=O)ON1C(=O)CCC1=O)ON1C(=O)CCC1=O. The lowest BCUT2D eigenvalue weighted by Gasteiger charge is -2.13. The van der Waals surface area contributed by atoms with Crippen molar-refractivity contribution in [3.05, 3.63) is 0 Å². The summed E-state index contributed by atoms with van der Waals surface area (Å²) >= 11 is 0. The summed E-state index contributed by atoms with van der Waals surface area (Å²) in [5.74, 6) is -3.88. The first-order valence-electron chi connectivity index (χ1n) is 8.17. The first-order valence-corrected chi connectivity index (χ1v) is 8.17. The first kappa shape index (κ1) is 20.5. The number of imide groups is 2. The number of hydrogen-bond donors (Lipinski definition) is 0. The maximum Gasteiger partial charge on any atom is 0.335 e. The number of amides is 4. The molecule has 0 unspecified atom stereocenters. The van der Waals surface area contributed by atoms with Gasteiger partial charge in [-0.15, -0.1) is 10.1 Å². The number of carbonyl (C=O) groups is 6. The smallest absolute Gasteiger partial charge is 0.335 e. The van der Waals surface area contributed by atoms with E-state index in [-0.39, 0.29) is 58.5 Å². The fraction of sp³-hybridized carbons (Fsp3) is 0.600. The fourth-order valence-corrected chi connectivity index (χ4v) is 2.10. The quantitative estimate of drug-likeness (QED) is 0.259. The zero-order chi connectivity index (χ0) is 19.8. The molecule has 0 atom stereocenters. The Bertz CT molecular complexity index is 561. The van der Waals surface area contributed by atoms with Crippen molar-refractivity contribution in [3.8, 4) is 0 Å². The lowest BCUT2D eigenvalue weighted by molar-refractivity contribution is -0.199. The largest absolute Gasteiger partial charge is 0.355 e. The molecule has 0 N–H and O–H groups in total. The molecule has 4 amide bonds. The van der Waals surface area contributed by atoms with Gasteiger partial charge in [-0.2, -0.15) is 0 Å². The van der Waals surface area contributed by atoms with Gasteiger partial charge < -0.3 is 19.1 Å².